The van der Waals surface area contributed by atoms with Gasteiger partial charge >= 0.3 is 0 Å². The zero-order valence-corrected chi connectivity index (χ0v) is 10.5. The van der Waals surface area contributed by atoms with Gasteiger partial charge in [-0.05, 0) is 24.6 Å². The predicted octanol–water partition coefficient (Wildman–Crippen LogP) is 2.88. The van der Waals surface area contributed by atoms with Gasteiger partial charge in [0.2, 0.25) is 0 Å². The molecule has 0 radical (unpaired) electrons. The van der Waals surface area contributed by atoms with Crippen molar-refractivity contribution < 1.29 is 8.78 Å². The average Bonchev–Trinajstić information content (AvgIpc) is 2.68. The number of aryl methyl sites for hydroxylation is 1. The van der Waals surface area contributed by atoms with Gasteiger partial charge in [-0.3, -0.25) is 4.68 Å². The summed E-state index contributed by atoms with van der Waals surface area (Å²) < 4.78 is 27.9. The Kier molecular flexibility index (Phi) is 3.63. The van der Waals surface area contributed by atoms with E-state index in [9.17, 15) is 8.78 Å². The van der Waals surface area contributed by atoms with E-state index >= 15 is 0 Å². The van der Waals surface area contributed by atoms with Crippen LogP contribution >= 0.6 is 11.6 Å². The van der Waals surface area contributed by atoms with Gasteiger partial charge in [0, 0.05) is 12.6 Å². The van der Waals surface area contributed by atoms with Crippen LogP contribution in [0.15, 0.2) is 24.4 Å². The van der Waals surface area contributed by atoms with Crippen LogP contribution in [0.3, 0.4) is 0 Å². The molecule has 1 atom stereocenters. The van der Waals surface area contributed by atoms with E-state index in [0.717, 1.165) is 6.07 Å². The topological polar surface area (TPSA) is 43.8 Å². The van der Waals surface area contributed by atoms with Crippen LogP contribution in [0.2, 0.25) is 5.02 Å². The molecule has 0 aliphatic carbocycles. The maximum atomic E-state index is 13.2. The largest absolute Gasteiger partial charge is 0.319 e. The van der Waals surface area contributed by atoms with Crippen molar-refractivity contribution in [3.63, 3.8) is 0 Å². The Morgan fingerprint density at radius 1 is 1.33 bits per heavy atom. The van der Waals surface area contributed by atoms with E-state index in [-0.39, 0.29) is 0 Å². The lowest BCUT2D eigenvalue weighted by Gasteiger charge is -2.14. The number of hydrogen-bond acceptors (Lipinski definition) is 2. The highest BCUT2D eigenvalue weighted by Crippen LogP contribution is 2.27. The molecule has 0 aliphatic rings. The number of nitrogens with two attached hydrogens (primary N) is 1. The molecule has 1 aromatic carbocycles. The normalized spacial score (nSPS) is 12.7. The van der Waals surface area contributed by atoms with Crippen molar-refractivity contribution in [1.29, 1.82) is 0 Å². The molecule has 0 bridgehead atoms. The first-order chi connectivity index (χ1) is 8.52. The van der Waals surface area contributed by atoms with Crippen LogP contribution in [-0.4, -0.2) is 9.78 Å². The molecule has 2 N–H and O–H groups in total. The third kappa shape index (κ3) is 2.37. The molecule has 2 aromatic rings. The van der Waals surface area contributed by atoms with Gasteiger partial charge in [-0.25, -0.2) is 8.78 Å². The summed E-state index contributed by atoms with van der Waals surface area (Å²) in [6.45, 7) is 2.46. The Morgan fingerprint density at radius 2 is 1.94 bits per heavy atom. The first-order valence-electron chi connectivity index (χ1n) is 5.45. The van der Waals surface area contributed by atoms with Crippen molar-refractivity contribution in [2.24, 2.45) is 5.73 Å². The highest BCUT2D eigenvalue weighted by Gasteiger charge is 2.19. The third-order valence-electron chi connectivity index (χ3n) is 2.67. The van der Waals surface area contributed by atoms with E-state index in [1.165, 1.54) is 18.3 Å². The van der Waals surface area contributed by atoms with Gasteiger partial charge in [0.15, 0.2) is 0 Å². The Morgan fingerprint density at radius 3 is 2.50 bits per heavy atom. The number of aromatic nitrogens is 2. The van der Waals surface area contributed by atoms with Crippen molar-refractivity contribution in [1.82, 2.24) is 9.78 Å². The highest BCUT2D eigenvalue weighted by molar-refractivity contribution is 6.31. The molecule has 6 heteroatoms. The molecule has 0 amide bonds. The molecule has 0 saturated heterocycles. The minimum Gasteiger partial charge on any atom is -0.319 e. The second-order valence-corrected chi connectivity index (χ2v) is 4.28. The Bertz CT molecular complexity index is 548. The maximum Gasteiger partial charge on any atom is 0.126 e. The molecule has 3 nitrogen and oxygen atoms in total. The monoisotopic (exact) mass is 271 g/mol. The average molecular weight is 272 g/mol. The van der Waals surface area contributed by atoms with Crippen molar-refractivity contribution in [2.45, 2.75) is 19.5 Å². The van der Waals surface area contributed by atoms with E-state index in [2.05, 4.69) is 5.10 Å². The quantitative estimate of drug-likeness (QED) is 0.933. The molecule has 1 aromatic heterocycles. The molecular weight excluding hydrogens is 260 g/mol. The molecule has 0 spiro atoms. The summed E-state index contributed by atoms with van der Waals surface area (Å²) in [6.07, 6.45) is 1.47. The molecular formula is C12H12ClF2N3. The lowest BCUT2D eigenvalue weighted by molar-refractivity contribution is 0.569. The lowest BCUT2D eigenvalue weighted by atomic mass is 10.0. The minimum atomic E-state index is -0.717. The standard InChI is InChI=1S/C12H12ClF2N3/c1-2-18-12(10(13)6-17-18)11(16)7-3-8(14)5-9(15)4-7/h3-6,11H,2,16H2,1H3. The molecule has 0 aliphatic heterocycles. The fourth-order valence-corrected chi connectivity index (χ4v) is 2.10. The van der Waals surface area contributed by atoms with Crippen LogP contribution in [0, 0.1) is 11.6 Å². The summed E-state index contributed by atoms with van der Waals surface area (Å²) in [5, 5.41) is 4.43. The van der Waals surface area contributed by atoms with Crippen molar-refractivity contribution >= 4 is 11.6 Å². The fraction of sp³-hybridized carbons (Fsp3) is 0.250. The molecule has 96 valence electrons. The zero-order valence-electron chi connectivity index (χ0n) is 9.70. The number of hydrogen-bond donors (Lipinski definition) is 1. The first kappa shape index (κ1) is 13.0. The second kappa shape index (κ2) is 5.04. The van der Waals surface area contributed by atoms with E-state index in [4.69, 9.17) is 17.3 Å². The van der Waals surface area contributed by atoms with Gasteiger partial charge in [0.1, 0.15) is 11.6 Å². The number of nitrogens with zero attached hydrogens (tertiary/aromatic N) is 2. The van der Waals surface area contributed by atoms with E-state index in [1.807, 2.05) is 6.92 Å². The fourth-order valence-electron chi connectivity index (χ4n) is 1.85. The lowest BCUT2D eigenvalue weighted by Crippen LogP contribution is -2.18. The SMILES string of the molecule is CCn1ncc(Cl)c1C(N)c1cc(F)cc(F)c1. The highest BCUT2D eigenvalue weighted by atomic mass is 35.5. The summed E-state index contributed by atoms with van der Waals surface area (Å²) in [5.74, 6) is -1.33. The van der Waals surface area contributed by atoms with Crippen LogP contribution in [0.25, 0.3) is 0 Å². The predicted molar refractivity (Wildman–Crippen MR) is 65.3 cm³/mol. The first-order valence-corrected chi connectivity index (χ1v) is 5.83. The Labute approximate surface area is 108 Å². The van der Waals surface area contributed by atoms with E-state index in [0.29, 0.717) is 22.8 Å². The Hall–Kier alpha value is -1.46. The van der Waals surface area contributed by atoms with Crippen LogP contribution in [0.5, 0.6) is 0 Å². The number of halogens is 3. The van der Waals surface area contributed by atoms with Gasteiger partial charge in [0.25, 0.3) is 0 Å². The summed E-state index contributed by atoms with van der Waals surface area (Å²) in [4.78, 5) is 0. The maximum absolute atomic E-state index is 13.2. The van der Waals surface area contributed by atoms with Gasteiger partial charge in [-0.15, -0.1) is 0 Å². The van der Waals surface area contributed by atoms with Gasteiger partial charge in [0.05, 0.1) is 23.0 Å². The molecule has 1 unspecified atom stereocenters. The summed E-state index contributed by atoms with van der Waals surface area (Å²) in [7, 11) is 0. The second-order valence-electron chi connectivity index (χ2n) is 3.87. The molecule has 0 saturated carbocycles. The van der Waals surface area contributed by atoms with Crippen LogP contribution < -0.4 is 5.73 Å². The molecule has 1 heterocycles. The van der Waals surface area contributed by atoms with Crippen molar-refractivity contribution in [2.75, 3.05) is 0 Å². The Balaban J connectivity index is 2.47. The molecule has 18 heavy (non-hydrogen) atoms. The van der Waals surface area contributed by atoms with E-state index < -0.39 is 17.7 Å². The number of benzene rings is 1. The molecule has 2 rings (SSSR count). The minimum absolute atomic E-state index is 0.324. The number of rotatable bonds is 3. The van der Waals surface area contributed by atoms with Crippen LogP contribution in [0.4, 0.5) is 8.78 Å². The zero-order chi connectivity index (χ0) is 13.3. The van der Waals surface area contributed by atoms with Gasteiger partial charge in [-0.1, -0.05) is 11.6 Å². The van der Waals surface area contributed by atoms with Crippen molar-refractivity contribution in [3.8, 4) is 0 Å². The smallest absolute Gasteiger partial charge is 0.126 e. The van der Waals surface area contributed by atoms with Gasteiger partial charge < -0.3 is 5.73 Å². The van der Waals surface area contributed by atoms with Crippen LogP contribution in [0.1, 0.15) is 24.2 Å². The van der Waals surface area contributed by atoms with Crippen LogP contribution in [-0.2, 0) is 6.54 Å². The third-order valence-corrected chi connectivity index (χ3v) is 2.96. The van der Waals surface area contributed by atoms with Gasteiger partial charge in [-0.2, -0.15) is 5.10 Å². The summed E-state index contributed by atoms with van der Waals surface area (Å²) >= 11 is 6.00. The van der Waals surface area contributed by atoms with Crippen molar-refractivity contribution in [3.05, 3.63) is 52.3 Å². The summed E-state index contributed by atoms with van der Waals surface area (Å²) in [6, 6.07) is 2.47. The molecule has 0 fully saturated rings. The van der Waals surface area contributed by atoms with E-state index in [1.54, 1.807) is 4.68 Å². The summed E-state index contributed by atoms with van der Waals surface area (Å²) in [5.41, 5.74) is 6.87.